The van der Waals surface area contributed by atoms with E-state index in [0.717, 1.165) is 0 Å². The first kappa shape index (κ1) is 12.3. The minimum absolute atomic E-state index is 0.445. The molecule has 1 aliphatic rings. The molecule has 1 rings (SSSR count). The Hall–Kier alpha value is -0.730. The van der Waals surface area contributed by atoms with E-state index in [9.17, 15) is 20.1 Å². The number of aliphatic hydroxyl groups is 4. The van der Waals surface area contributed by atoms with Gasteiger partial charge in [-0.15, -0.1) is 0 Å². The molecule has 0 aliphatic carbocycles. The molecule has 0 unspecified atom stereocenters. The molecule has 0 aromatic rings. The number of ether oxygens (including phenoxy) is 1. The highest BCUT2D eigenvalue weighted by atomic mass is 16.6. The number of carbonyl (C=O) groups is 1. The first-order valence-corrected chi connectivity index (χ1v) is 4.55. The van der Waals surface area contributed by atoms with Crippen LogP contribution >= 0.6 is 0 Å². The van der Waals surface area contributed by atoms with E-state index < -0.39 is 43.2 Å². The number of hydrogen-bond acceptors (Lipinski definition) is 6. The predicted octanol–water partition coefficient (Wildman–Crippen LogP) is -3.08. The topological polar surface area (TPSA) is 119 Å². The molecule has 7 nitrogen and oxygen atoms in total. The standard InChI is InChI=1S/C8H15NO6/c1-3(11)9-8-7(14)6(13)5(12)4(2-10)15-8/h4-8,10,12-14H,2H2,1H3,(H,9,11)/t4-,5-,6+,7+,8+/m1/s1. The molecule has 7 heteroatoms. The zero-order valence-corrected chi connectivity index (χ0v) is 8.20. The second-order valence-electron chi connectivity index (χ2n) is 3.45. The third-order valence-electron chi connectivity index (χ3n) is 2.24. The summed E-state index contributed by atoms with van der Waals surface area (Å²) in [5, 5.41) is 39.3. The molecular formula is C8H15NO6. The van der Waals surface area contributed by atoms with Gasteiger partial charge in [0.2, 0.25) is 5.91 Å². The molecule has 0 aromatic carbocycles. The van der Waals surface area contributed by atoms with Crippen LogP contribution in [0.3, 0.4) is 0 Å². The Bertz CT molecular complexity index is 233. The Morgan fingerprint density at radius 3 is 2.33 bits per heavy atom. The quantitative estimate of drug-likeness (QED) is 0.337. The van der Waals surface area contributed by atoms with Crippen molar-refractivity contribution >= 4 is 5.91 Å². The SMILES string of the molecule is CC(=O)N[C@H]1O[C@H](CO)[C@@H](O)[C@H](O)[C@@H]1O. The van der Waals surface area contributed by atoms with Gasteiger partial charge >= 0.3 is 0 Å². The zero-order valence-electron chi connectivity index (χ0n) is 8.20. The van der Waals surface area contributed by atoms with Crippen LogP contribution < -0.4 is 5.32 Å². The van der Waals surface area contributed by atoms with E-state index >= 15 is 0 Å². The van der Waals surface area contributed by atoms with Gasteiger partial charge in [-0.25, -0.2) is 0 Å². The summed E-state index contributed by atoms with van der Waals surface area (Å²) in [5.41, 5.74) is 0. The third kappa shape index (κ3) is 2.64. The molecule has 1 fully saturated rings. The molecule has 0 saturated carbocycles. The highest BCUT2D eigenvalue weighted by Crippen LogP contribution is 2.19. The maximum Gasteiger partial charge on any atom is 0.218 e. The molecule has 0 radical (unpaired) electrons. The van der Waals surface area contributed by atoms with Gasteiger partial charge in [-0.05, 0) is 0 Å². The number of amides is 1. The molecule has 5 atom stereocenters. The van der Waals surface area contributed by atoms with Gasteiger partial charge < -0.3 is 30.5 Å². The van der Waals surface area contributed by atoms with Gasteiger partial charge in [0.25, 0.3) is 0 Å². The first-order valence-electron chi connectivity index (χ1n) is 4.55. The van der Waals surface area contributed by atoms with E-state index in [1.54, 1.807) is 0 Å². The predicted molar refractivity (Wildman–Crippen MR) is 47.6 cm³/mol. The van der Waals surface area contributed by atoms with Crippen molar-refractivity contribution in [3.63, 3.8) is 0 Å². The minimum atomic E-state index is -1.47. The molecular weight excluding hydrogens is 206 g/mol. The summed E-state index contributed by atoms with van der Waals surface area (Å²) in [6, 6.07) is 0. The molecule has 0 aromatic heterocycles. The highest BCUT2D eigenvalue weighted by molar-refractivity contribution is 5.73. The van der Waals surface area contributed by atoms with Gasteiger partial charge in [-0.2, -0.15) is 0 Å². The number of hydrogen-bond donors (Lipinski definition) is 5. The minimum Gasteiger partial charge on any atom is -0.394 e. The first-order chi connectivity index (χ1) is 6.97. The highest BCUT2D eigenvalue weighted by Gasteiger charge is 2.43. The van der Waals surface area contributed by atoms with Crippen LogP contribution in [0, 0.1) is 0 Å². The molecule has 1 aliphatic heterocycles. The van der Waals surface area contributed by atoms with E-state index in [2.05, 4.69) is 5.32 Å². The van der Waals surface area contributed by atoms with Gasteiger partial charge in [-0.1, -0.05) is 0 Å². The maximum absolute atomic E-state index is 10.7. The molecule has 0 spiro atoms. The fraction of sp³-hybridized carbons (Fsp3) is 0.875. The van der Waals surface area contributed by atoms with Crippen LogP contribution in [0.2, 0.25) is 0 Å². The van der Waals surface area contributed by atoms with Crippen LogP contribution in [0.4, 0.5) is 0 Å². The van der Waals surface area contributed by atoms with Crippen LogP contribution in [0.15, 0.2) is 0 Å². The van der Waals surface area contributed by atoms with Crippen molar-refractivity contribution in [2.24, 2.45) is 0 Å². The number of nitrogens with one attached hydrogen (secondary N) is 1. The van der Waals surface area contributed by atoms with Gasteiger partial charge in [0.05, 0.1) is 6.61 Å². The summed E-state index contributed by atoms with van der Waals surface area (Å²) >= 11 is 0. The van der Waals surface area contributed by atoms with Crippen molar-refractivity contribution in [2.75, 3.05) is 6.61 Å². The van der Waals surface area contributed by atoms with Crippen LogP contribution in [0.5, 0.6) is 0 Å². The van der Waals surface area contributed by atoms with E-state index in [4.69, 9.17) is 9.84 Å². The molecule has 15 heavy (non-hydrogen) atoms. The average Bonchev–Trinajstić information content (AvgIpc) is 2.18. The van der Waals surface area contributed by atoms with Crippen LogP contribution in [0.25, 0.3) is 0 Å². The lowest BCUT2D eigenvalue weighted by atomic mass is 9.98. The average molecular weight is 221 g/mol. The van der Waals surface area contributed by atoms with Crippen LogP contribution in [-0.2, 0) is 9.53 Å². The lowest BCUT2D eigenvalue weighted by Gasteiger charge is -2.39. The van der Waals surface area contributed by atoms with Crippen molar-refractivity contribution in [3.8, 4) is 0 Å². The summed E-state index contributed by atoms with van der Waals surface area (Å²) < 4.78 is 5.00. The summed E-state index contributed by atoms with van der Waals surface area (Å²) in [4.78, 5) is 10.7. The summed E-state index contributed by atoms with van der Waals surface area (Å²) in [5.74, 6) is -0.445. The van der Waals surface area contributed by atoms with Gasteiger partial charge in [-0.3, -0.25) is 4.79 Å². The second-order valence-corrected chi connectivity index (χ2v) is 3.45. The summed E-state index contributed by atoms with van der Waals surface area (Å²) in [6.07, 6.45) is -6.42. The summed E-state index contributed by atoms with van der Waals surface area (Å²) in [7, 11) is 0. The van der Waals surface area contributed by atoms with E-state index in [-0.39, 0.29) is 0 Å². The summed E-state index contributed by atoms with van der Waals surface area (Å²) in [6.45, 7) is 0.711. The van der Waals surface area contributed by atoms with Crippen LogP contribution in [-0.4, -0.2) is 63.6 Å². The van der Waals surface area contributed by atoms with Crippen molar-refractivity contribution in [2.45, 2.75) is 37.6 Å². The molecule has 0 bridgehead atoms. The lowest BCUT2D eigenvalue weighted by molar-refractivity contribution is -0.235. The molecule has 5 N–H and O–H groups in total. The van der Waals surface area contributed by atoms with Crippen molar-refractivity contribution in [1.82, 2.24) is 5.32 Å². The number of carbonyl (C=O) groups excluding carboxylic acids is 1. The van der Waals surface area contributed by atoms with Crippen molar-refractivity contribution in [1.29, 1.82) is 0 Å². The molecule has 88 valence electrons. The van der Waals surface area contributed by atoms with Gasteiger partial charge in [0, 0.05) is 6.92 Å². The second kappa shape index (κ2) is 4.86. The Kier molecular flexibility index (Phi) is 4.00. The smallest absolute Gasteiger partial charge is 0.218 e. The van der Waals surface area contributed by atoms with Gasteiger partial charge in [0.1, 0.15) is 24.4 Å². The maximum atomic E-state index is 10.7. The largest absolute Gasteiger partial charge is 0.394 e. The van der Waals surface area contributed by atoms with Gasteiger partial charge in [0.15, 0.2) is 6.23 Å². The molecule has 1 amide bonds. The van der Waals surface area contributed by atoms with E-state index in [1.807, 2.05) is 0 Å². The Balaban J connectivity index is 2.69. The Labute approximate surface area is 86.3 Å². The molecule has 1 saturated heterocycles. The van der Waals surface area contributed by atoms with Crippen molar-refractivity contribution in [3.05, 3.63) is 0 Å². The fourth-order valence-corrected chi connectivity index (χ4v) is 1.42. The monoisotopic (exact) mass is 221 g/mol. The Morgan fingerprint density at radius 1 is 1.27 bits per heavy atom. The third-order valence-corrected chi connectivity index (χ3v) is 2.24. The number of aliphatic hydroxyl groups excluding tert-OH is 4. The zero-order chi connectivity index (χ0) is 11.6. The molecule has 1 heterocycles. The fourth-order valence-electron chi connectivity index (χ4n) is 1.42. The van der Waals surface area contributed by atoms with E-state index in [1.165, 1.54) is 6.92 Å². The number of rotatable bonds is 2. The normalized spacial score (nSPS) is 41.3. The van der Waals surface area contributed by atoms with Crippen LogP contribution in [0.1, 0.15) is 6.92 Å². The van der Waals surface area contributed by atoms with Crippen molar-refractivity contribution < 1.29 is 30.0 Å². The lowest BCUT2D eigenvalue weighted by Crippen LogP contribution is -2.63. The Morgan fingerprint density at radius 2 is 1.87 bits per heavy atom. The van der Waals surface area contributed by atoms with E-state index in [0.29, 0.717) is 0 Å².